The maximum atomic E-state index is 12.4. The van der Waals surface area contributed by atoms with Gasteiger partial charge in [-0.15, -0.1) is 6.61 Å². The summed E-state index contributed by atoms with van der Waals surface area (Å²) >= 11 is 0. The Morgan fingerprint density at radius 1 is 1.08 bits per heavy atom. The van der Waals surface area contributed by atoms with E-state index in [2.05, 4.69) is 6.92 Å². The molecular formula is C21H33O4Rb. The molecule has 5 heteroatoms. The van der Waals surface area contributed by atoms with Crippen LogP contribution >= 0.6 is 0 Å². The van der Waals surface area contributed by atoms with E-state index in [9.17, 15) is 20.1 Å². The summed E-state index contributed by atoms with van der Waals surface area (Å²) in [5, 5.41) is 31.9. The molecule has 0 bridgehead atoms. The molecule has 6 unspecified atom stereocenters. The van der Waals surface area contributed by atoms with E-state index in [1.165, 1.54) is 0 Å². The van der Waals surface area contributed by atoms with Crippen LogP contribution in [0.1, 0.15) is 64.7 Å². The first-order chi connectivity index (χ1) is 12.0. The summed E-state index contributed by atoms with van der Waals surface area (Å²) in [6, 6.07) is 0. The molecular weight excluding hydrogens is 402 g/mol. The number of carbonyl (C=O) groups excluding carboxylic acids is 1. The summed E-state index contributed by atoms with van der Waals surface area (Å²) in [5.74, 6) is 2.01. The fourth-order valence-electron chi connectivity index (χ4n) is 7.95. The summed E-state index contributed by atoms with van der Waals surface area (Å²) in [4.78, 5) is 12.3. The monoisotopic (exact) mass is 434 g/mol. The molecule has 0 aromatic rings. The van der Waals surface area contributed by atoms with Gasteiger partial charge in [0.2, 0.25) is 0 Å². The molecule has 4 aliphatic rings. The van der Waals surface area contributed by atoms with Crippen molar-refractivity contribution in [3.05, 3.63) is 0 Å². The van der Waals surface area contributed by atoms with Crippen LogP contribution in [0, 0.1) is 40.4 Å². The van der Waals surface area contributed by atoms with Gasteiger partial charge in [-0.3, -0.25) is 4.79 Å². The topological polar surface area (TPSA) is 80.6 Å². The zero-order valence-electron chi connectivity index (χ0n) is 16.5. The van der Waals surface area contributed by atoms with Gasteiger partial charge in [-0.2, -0.15) is 0 Å². The van der Waals surface area contributed by atoms with Crippen molar-refractivity contribution in [3.63, 3.8) is 0 Å². The molecule has 4 saturated carbocycles. The Morgan fingerprint density at radius 2 is 1.85 bits per heavy atom. The van der Waals surface area contributed by atoms with Crippen LogP contribution < -0.4 is 63.3 Å². The van der Waals surface area contributed by atoms with E-state index < -0.39 is 0 Å². The van der Waals surface area contributed by atoms with Gasteiger partial charge in [-0.05, 0) is 92.3 Å². The fourth-order valence-corrected chi connectivity index (χ4v) is 7.95. The van der Waals surface area contributed by atoms with Crippen LogP contribution in [0.2, 0.25) is 0 Å². The van der Waals surface area contributed by atoms with E-state index in [4.69, 9.17) is 0 Å². The molecule has 8 atom stereocenters. The van der Waals surface area contributed by atoms with E-state index in [-0.39, 0.29) is 100 Å². The number of hydrogen-bond acceptors (Lipinski definition) is 4. The van der Waals surface area contributed by atoms with E-state index in [1.807, 2.05) is 0 Å². The molecule has 4 rings (SSSR count). The second kappa shape index (κ2) is 8.24. The number of carbonyl (C=O) groups is 1. The van der Waals surface area contributed by atoms with Gasteiger partial charge >= 0.3 is 58.2 Å². The van der Waals surface area contributed by atoms with Gasteiger partial charge in [0.05, 0.1) is 6.10 Å². The van der Waals surface area contributed by atoms with E-state index >= 15 is 0 Å². The van der Waals surface area contributed by atoms with Crippen molar-refractivity contribution >= 4 is 5.78 Å². The molecule has 0 radical (unpaired) electrons. The molecule has 0 aliphatic heterocycles. The summed E-state index contributed by atoms with van der Waals surface area (Å²) < 4.78 is 0. The number of aliphatic hydroxyl groups is 2. The molecule has 0 amide bonds. The van der Waals surface area contributed by atoms with Crippen molar-refractivity contribution in [1.29, 1.82) is 0 Å². The minimum Gasteiger partial charge on any atom is -0.854 e. The Bertz CT molecular complexity index is 540. The maximum Gasteiger partial charge on any atom is 1.00 e. The Morgan fingerprint density at radius 3 is 2.54 bits per heavy atom. The van der Waals surface area contributed by atoms with E-state index in [1.54, 1.807) is 0 Å². The van der Waals surface area contributed by atoms with Crippen LogP contribution in [0.25, 0.3) is 0 Å². The predicted molar refractivity (Wildman–Crippen MR) is 92.5 cm³/mol. The molecule has 0 aromatic heterocycles. The summed E-state index contributed by atoms with van der Waals surface area (Å²) in [5.41, 5.74) is -0.0887. The van der Waals surface area contributed by atoms with Crippen LogP contribution in [-0.2, 0) is 4.79 Å². The molecule has 142 valence electrons. The molecule has 4 aliphatic carbocycles. The standard InChI is InChI=1S/C21H33O4.Rb/c1-20-8-7-17-15(16(20)4-5-18(20)19(25)11-22)3-2-13-10-14(24)6-9-21(13,17)12-23;/h13-18,22,24H,2-12H2,1H3;/q-1;+1/t13?,14-,15?,16?,17+,18?,20?,21?;/m1./s1. The van der Waals surface area contributed by atoms with E-state index in [0.29, 0.717) is 23.7 Å². The number of hydrogen-bond donors (Lipinski definition) is 2. The van der Waals surface area contributed by atoms with Crippen LogP contribution in [0.15, 0.2) is 0 Å². The molecule has 0 saturated heterocycles. The Labute approximate surface area is 206 Å². The summed E-state index contributed by atoms with van der Waals surface area (Å²) in [6.07, 6.45) is 8.59. The smallest absolute Gasteiger partial charge is 0.854 e. The van der Waals surface area contributed by atoms with Gasteiger partial charge in [0.15, 0.2) is 5.78 Å². The number of Topliss-reactive ketones (excluding diaryl/α,β-unsaturated/α-hetero) is 1. The Balaban J connectivity index is 0.00000196. The van der Waals surface area contributed by atoms with Crippen molar-refractivity contribution < 1.29 is 78.3 Å². The zero-order chi connectivity index (χ0) is 17.8. The first-order valence-electron chi connectivity index (χ1n) is 10.4. The average Bonchev–Trinajstić information content (AvgIpc) is 2.98. The third-order valence-electron chi connectivity index (χ3n) is 9.15. The molecule has 0 heterocycles. The van der Waals surface area contributed by atoms with Gasteiger partial charge < -0.3 is 15.3 Å². The van der Waals surface area contributed by atoms with Crippen molar-refractivity contribution in [2.45, 2.75) is 70.8 Å². The quantitative estimate of drug-likeness (QED) is 0.591. The molecule has 4 nitrogen and oxygen atoms in total. The van der Waals surface area contributed by atoms with Crippen molar-refractivity contribution in [2.75, 3.05) is 13.2 Å². The second-order valence-electron chi connectivity index (χ2n) is 9.76. The van der Waals surface area contributed by atoms with Gasteiger partial charge in [-0.1, -0.05) is 6.92 Å². The minimum atomic E-state index is -0.328. The van der Waals surface area contributed by atoms with Crippen LogP contribution in [0.3, 0.4) is 0 Å². The molecule has 0 aromatic carbocycles. The van der Waals surface area contributed by atoms with Gasteiger partial charge in [-0.25, -0.2) is 0 Å². The number of aliphatic hydroxyl groups excluding tert-OH is 2. The SMILES string of the molecule is CC12CC[C@H]3C(CCC4C[C@H](O)CCC43C[O-])C1CCC2C(=O)CO.[Rb+]. The van der Waals surface area contributed by atoms with Crippen LogP contribution in [-0.4, -0.2) is 35.3 Å². The molecule has 4 fully saturated rings. The molecule has 26 heavy (non-hydrogen) atoms. The second-order valence-corrected chi connectivity index (χ2v) is 9.76. The maximum absolute atomic E-state index is 12.4. The third kappa shape index (κ3) is 3.22. The third-order valence-corrected chi connectivity index (χ3v) is 9.15. The van der Waals surface area contributed by atoms with Gasteiger partial charge in [0.25, 0.3) is 0 Å². The van der Waals surface area contributed by atoms with Crippen LogP contribution in [0.5, 0.6) is 0 Å². The first-order valence-corrected chi connectivity index (χ1v) is 10.4. The first kappa shape index (κ1) is 22.0. The molecule has 0 spiro atoms. The van der Waals surface area contributed by atoms with E-state index in [0.717, 1.165) is 57.8 Å². The van der Waals surface area contributed by atoms with Gasteiger partial charge in [0.1, 0.15) is 6.61 Å². The Kier molecular flexibility index (Phi) is 6.99. The predicted octanol–water partition coefficient (Wildman–Crippen LogP) is -1.09. The zero-order valence-corrected chi connectivity index (χ0v) is 21.4. The van der Waals surface area contributed by atoms with Crippen molar-refractivity contribution in [2.24, 2.45) is 40.4 Å². The average molecular weight is 435 g/mol. The number of rotatable bonds is 3. The fraction of sp³-hybridized carbons (Fsp3) is 0.952. The largest absolute Gasteiger partial charge is 1.00 e. The number of ketones is 1. The van der Waals surface area contributed by atoms with Crippen LogP contribution in [0.4, 0.5) is 0 Å². The summed E-state index contributed by atoms with van der Waals surface area (Å²) in [6.45, 7) is 1.96. The normalized spacial score (nSPS) is 50.2. The van der Waals surface area contributed by atoms with Crippen molar-refractivity contribution in [3.8, 4) is 0 Å². The Hall–Kier alpha value is 1.36. The van der Waals surface area contributed by atoms with Gasteiger partial charge in [0, 0.05) is 5.92 Å². The minimum absolute atomic E-state index is 0. The van der Waals surface area contributed by atoms with Crippen molar-refractivity contribution in [1.82, 2.24) is 0 Å². The summed E-state index contributed by atoms with van der Waals surface area (Å²) in [7, 11) is 0. The number of fused-ring (bicyclic) bond motifs is 5. The molecule has 2 N–H and O–H groups in total.